The molecule has 0 saturated heterocycles. The van der Waals surface area contributed by atoms with Crippen LogP contribution >= 0.6 is 0 Å². The van der Waals surface area contributed by atoms with Gasteiger partial charge in [-0.3, -0.25) is 0 Å². The van der Waals surface area contributed by atoms with E-state index in [-0.39, 0.29) is 0 Å². The quantitative estimate of drug-likeness (QED) is 0.188. The molecular weight excluding hydrogens is 573 g/mol. The standard InChI is InChI=1S/C37H26N.In/c1-3-24-22-36-34(21-23(24)2)30-11-6-7-14-35(30)38(36)26-17-15-25(16-18-26)27-19-20-33-29-10-5-4-9-28(29)32-13-8-12-31(27)37(32)33;/h1-5,7-10,12-21,24H,6,11,22H2;. The van der Waals surface area contributed by atoms with Crippen molar-refractivity contribution in [2.24, 2.45) is 5.92 Å². The number of benzene rings is 4. The Morgan fingerprint density at radius 3 is 2.44 bits per heavy atom. The van der Waals surface area contributed by atoms with Crippen molar-refractivity contribution in [3.05, 3.63) is 123 Å². The topological polar surface area (TPSA) is 4.93 Å². The van der Waals surface area contributed by atoms with Crippen molar-refractivity contribution >= 4 is 49.1 Å². The Kier molecular flexibility index (Phi) is 4.81. The van der Waals surface area contributed by atoms with Gasteiger partial charge >= 0.3 is 165 Å². The zero-order valence-electron chi connectivity index (χ0n) is 21.7. The summed E-state index contributed by atoms with van der Waals surface area (Å²) in [6.07, 6.45) is 13.1. The maximum atomic E-state index is 2.61. The first-order valence-electron chi connectivity index (χ1n) is 14.1. The molecule has 2 heterocycles. The van der Waals surface area contributed by atoms with Gasteiger partial charge in [0.25, 0.3) is 0 Å². The second-order valence-electron chi connectivity index (χ2n) is 11.2. The molecule has 0 saturated carbocycles. The van der Waals surface area contributed by atoms with Crippen LogP contribution in [0, 0.1) is 5.92 Å². The summed E-state index contributed by atoms with van der Waals surface area (Å²) in [5, 5.41) is 2.73. The van der Waals surface area contributed by atoms with E-state index in [0.29, 0.717) is 5.92 Å². The number of fused-ring (bicyclic) bond motifs is 7. The summed E-state index contributed by atoms with van der Waals surface area (Å²) in [5.41, 5.74) is 16.8. The molecule has 4 aliphatic rings. The van der Waals surface area contributed by atoms with E-state index < -0.39 is 22.4 Å². The molecule has 5 aromatic rings. The third kappa shape index (κ3) is 3.19. The van der Waals surface area contributed by atoms with Crippen LogP contribution in [0.1, 0.15) is 28.9 Å². The Balaban J connectivity index is 1.18. The third-order valence-electron chi connectivity index (χ3n) is 9.17. The van der Waals surface area contributed by atoms with Gasteiger partial charge in [-0.05, 0) is 27.6 Å². The van der Waals surface area contributed by atoms with Gasteiger partial charge in [0.15, 0.2) is 0 Å². The maximum absolute atomic E-state index is 2.61. The Morgan fingerprint density at radius 2 is 1.56 bits per heavy atom. The fourth-order valence-corrected chi connectivity index (χ4v) is 10.5. The molecule has 0 bridgehead atoms. The molecule has 0 amide bonds. The van der Waals surface area contributed by atoms with Crippen LogP contribution in [0.25, 0.3) is 62.0 Å². The summed E-state index contributed by atoms with van der Waals surface area (Å²) in [7, 11) is 0. The van der Waals surface area contributed by atoms with Crippen molar-refractivity contribution in [1.82, 2.24) is 4.57 Å². The number of hydrogen-bond donors (Lipinski definition) is 0. The van der Waals surface area contributed by atoms with Crippen LogP contribution in [0.5, 0.6) is 0 Å². The van der Waals surface area contributed by atoms with E-state index in [1.165, 1.54) is 66.8 Å². The molecule has 0 N–H and O–H groups in total. The van der Waals surface area contributed by atoms with E-state index in [1.54, 1.807) is 11.1 Å². The summed E-state index contributed by atoms with van der Waals surface area (Å²) in [6, 6.07) is 29.6. The fraction of sp³-hybridized carbons (Fsp3) is 0.108. The minimum absolute atomic E-state index is 0.550. The van der Waals surface area contributed by atoms with Crippen molar-refractivity contribution in [1.29, 1.82) is 0 Å². The molecule has 9 rings (SSSR count). The van der Waals surface area contributed by atoms with Gasteiger partial charge < -0.3 is 0 Å². The molecule has 39 heavy (non-hydrogen) atoms. The first kappa shape index (κ1) is 22.2. The van der Waals surface area contributed by atoms with Gasteiger partial charge in [0.05, 0.1) is 0 Å². The Bertz CT molecular complexity index is 1950. The zero-order chi connectivity index (χ0) is 25.5. The van der Waals surface area contributed by atoms with Crippen LogP contribution in [0.4, 0.5) is 0 Å². The fourth-order valence-electron chi connectivity index (χ4n) is 7.41. The van der Waals surface area contributed by atoms with Crippen LogP contribution < -0.4 is 0 Å². The molecule has 1 unspecified atom stereocenters. The molecule has 0 radical (unpaired) electrons. The van der Waals surface area contributed by atoms with E-state index in [0.717, 1.165) is 19.3 Å². The predicted molar refractivity (Wildman–Crippen MR) is 167 cm³/mol. The Hall–Kier alpha value is -3.62. The summed E-state index contributed by atoms with van der Waals surface area (Å²) in [4.78, 5) is 0. The van der Waals surface area contributed by atoms with Crippen LogP contribution in [-0.4, -0.2) is 30.7 Å². The second kappa shape index (κ2) is 8.44. The van der Waals surface area contributed by atoms with Crippen molar-refractivity contribution in [3.8, 4) is 39.1 Å². The monoisotopic (exact) mass is 599 g/mol. The van der Waals surface area contributed by atoms with Crippen LogP contribution in [0.2, 0.25) is 0 Å². The first-order chi connectivity index (χ1) is 19.3. The van der Waals surface area contributed by atoms with E-state index in [9.17, 15) is 0 Å². The summed E-state index contributed by atoms with van der Waals surface area (Å²) in [6.45, 7) is 0. The summed E-state index contributed by atoms with van der Waals surface area (Å²) < 4.78 is 7.68. The van der Waals surface area contributed by atoms with Gasteiger partial charge in [0.2, 0.25) is 0 Å². The second-order valence-corrected chi connectivity index (χ2v) is 14.3. The van der Waals surface area contributed by atoms with E-state index in [4.69, 9.17) is 0 Å². The molecule has 1 nitrogen and oxygen atoms in total. The average molecular weight is 599 g/mol. The molecule has 182 valence electrons. The van der Waals surface area contributed by atoms with E-state index in [2.05, 4.69) is 115 Å². The van der Waals surface area contributed by atoms with E-state index in [1.807, 2.05) is 0 Å². The molecule has 2 heteroatoms. The Morgan fingerprint density at radius 1 is 0.769 bits per heavy atom. The minimum atomic E-state index is -0.633. The number of aromatic nitrogens is 1. The molecule has 1 aliphatic heterocycles. The first-order valence-corrected chi connectivity index (χ1v) is 17.9. The van der Waals surface area contributed by atoms with Gasteiger partial charge in [-0.25, -0.2) is 0 Å². The van der Waals surface area contributed by atoms with Gasteiger partial charge in [-0.15, -0.1) is 0 Å². The van der Waals surface area contributed by atoms with Gasteiger partial charge in [-0.2, -0.15) is 0 Å². The average Bonchev–Trinajstić information content (AvgIpc) is 3.50. The number of rotatable bonds is 2. The zero-order valence-corrected chi connectivity index (χ0v) is 25.0. The molecule has 0 spiro atoms. The van der Waals surface area contributed by atoms with Gasteiger partial charge in [0, 0.05) is 0 Å². The van der Waals surface area contributed by atoms with Crippen molar-refractivity contribution in [3.63, 3.8) is 0 Å². The van der Waals surface area contributed by atoms with Crippen molar-refractivity contribution in [2.45, 2.75) is 19.3 Å². The number of nitrogens with zero attached hydrogens (tertiary/aromatic N) is 1. The summed E-state index contributed by atoms with van der Waals surface area (Å²) >= 11 is -0.633. The van der Waals surface area contributed by atoms with Crippen LogP contribution in [-0.2, 0) is 12.8 Å². The third-order valence-corrected chi connectivity index (χ3v) is 12.1. The number of allylic oxidation sites excluding steroid dienone is 3. The molecule has 3 aliphatic carbocycles. The molecule has 1 atom stereocenters. The SMILES string of the molecule is C1=Cc2c(c3c(n2-c2ccc(-c4ccc5c6c(cccc46)-c4ccccc4-5)cc2)CC2C=[CH][In]=[CH]C2=C3)CC1. The van der Waals surface area contributed by atoms with Crippen LogP contribution in [0.3, 0.4) is 0 Å². The van der Waals surface area contributed by atoms with Crippen molar-refractivity contribution < 1.29 is 0 Å². The number of hydrogen-bond acceptors (Lipinski definition) is 0. The summed E-state index contributed by atoms with van der Waals surface area (Å²) in [5.74, 6) is 0.550. The normalized spacial score (nSPS) is 17.3. The predicted octanol–water partition coefficient (Wildman–Crippen LogP) is 8.49. The molecular formula is C37H26InN. The van der Waals surface area contributed by atoms with Gasteiger partial charge in [-0.1, -0.05) is 48.5 Å². The van der Waals surface area contributed by atoms with Crippen molar-refractivity contribution in [2.75, 3.05) is 0 Å². The van der Waals surface area contributed by atoms with E-state index >= 15 is 0 Å². The van der Waals surface area contributed by atoms with Crippen LogP contribution in [0.15, 0.2) is 100 Å². The molecule has 1 aromatic heterocycles. The van der Waals surface area contributed by atoms with Gasteiger partial charge in [0.1, 0.15) is 0 Å². The molecule has 0 fully saturated rings. The molecule has 4 aromatic carbocycles. The Labute approximate surface area is 239 Å².